The molecule has 1 N–H and O–H groups in total. The van der Waals surface area contributed by atoms with E-state index in [9.17, 15) is 0 Å². The van der Waals surface area contributed by atoms with Gasteiger partial charge in [0, 0.05) is 18.8 Å². The lowest BCUT2D eigenvalue weighted by Crippen LogP contribution is -2.34. The van der Waals surface area contributed by atoms with Gasteiger partial charge in [0.1, 0.15) is 0 Å². The quantitative estimate of drug-likeness (QED) is 0.774. The molecule has 1 atom stereocenters. The zero-order valence-corrected chi connectivity index (χ0v) is 11.8. The molecule has 0 amide bonds. The van der Waals surface area contributed by atoms with Crippen LogP contribution in [0.2, 0.25) is 0 Å². The molecule has 18 heavy (non-hydrogen) atoms. The van der Waals surface area contributed by atoms with Gasteiger partial charge in [-0.2, -0.15) is 0 Å². The van der Waals surface area contributed by atoms with Crippen molar-refractivity contribution < 1.29 is 0 Å². The van der Waals surface area contributed by atoms with E-state index in [1.54, 1.807) is 0 Å². The first-order valence-electron chi connectivity index (χ1n) is 7.30. The third kappa shape index (κ3) is 3.74. The molecule has 0 aromatic heterocycles. The third-order valence-electron chi connectivity index (χ3n) is 3.82. The monoisotopic (exact) mass is 246 g/mol. The highest BCUT2D eigenvalue weighted by molar-refractivity contribution is 5.53. The maximum absolute atomic E-state index is 3.56. The van der Waals surface area contributed by atoms with Crippen molar-refractivity contribution in [3.8, 4) is 0 Å². The lowest BCUT2D eigenvalue weighted by molar-refractivity contribution is 0.273. The van der Waals surface area contributed by atoms with Crippen molar-refractivity contribution in [3.05, 3.63) is 29.8 Å². The van der Waals surface area contributed by atoms with Gasteiger partial charge >= 0.3 is 0 Å². The van der Waals surface area contributed by atoms with Gasteiger partial charge in [-0.15, -0.1) is 0 Å². The molecular formula is C16H26N2. The Balaban J connectivity index is 1.79. The molecule has 100 valence electrons. The summed E-state index contributed by atoms with van der Waals surface area (Å²) in [5.74, 6) is 0.756. The molecule has 0 bridgehead atoms. The molecule has 1 aliphatic heterocycles. The minimum atomic E-state index is 0.756. The van der Waals surface area contributed by atoms with E-state index in [0.717, 1.165) is 12.5 Å². The predicted octanol–water partition coefficient (Wildman–Crippen LogP) is 3.39. The summed E-state index contributed by atoms with van der Waals surface area (Å²) in [6, 6.07) is 8.71. The van der Waals surface area contributed by atoms with E-state index in [1.807, 2.05) is 0 Å². The highest BCUT2D eigenvalue weighted by Crippen LogP contribution is 2.24. The second-order valence-electron chi connectivity index (χ2n) is 5.58. The molecule has 0 fully saturated rings. The molecule has 0 saturated heterocycles. The van der Waals surface area contributed by atoms with E-state index in [2.05, 4.69) is 48.5 Å². The van der Waals surface area contributed by atoms with Crippen molar-refractivity contribution in [3.63, 3.8) is 0 Å². The topological polar surface area (TPSA) is 15.3 Å². The summed E-state index contributed by atoms with van der Waals surface area (Å²) in [4.78, 5) is 2.50. The van der Waals surface area contributed by atoms with Gasteiger partial charge in [0.2, 0.25) is 0 Å². The maximum Gasteiger partial charge on any atom is 0.0372 e. The predicted molar refractivity (Wildman–Crippen MR) is 79.1 cm³/mol. The Morgan fingerprint density at radius 1 is 1.28 bits per heavy atom. The molecule has 0 saturated carbocycles. The fourth-order valence-corrected chi connectivity index (χ4v) is 2.80. The van der Waals surface area contributed by atoms with Crippen LogP contribution in [-0.2, 0) is 6.42 Å². The van der Waals surface area contributed by atoms with Crippen LogP contribution in [0, 0.1) is 5.92 Å². The summed E-state index contributed by atoms with van der Waals surface area (Å²) in [5.41, 5.74) is 2.82. The van der Waals surface area contributed by atoms with Crippen LogP contribution in [0.3, 0.4) is 0 Å². The minimum absolute atomic E-state index is 0.756. The molecule has 1 unspecified atom stereocenters. The van der Waals surface area contributed by atoms with Crippen molar-refractivity contribution in [1.29, 1.82) is 0 Å². The number of rotatable bonds is 6. The Morgan fingerprint density at radius 2 is 2.11 bits per heavy atom. The number of hydrogen-bond acceptors (Lipinski definition) is 2. The van der Waals surface area contributed by atoms with Crippen LogP contribution >= 0.6 is 0 Å². The van der Waals surface area contributed by atoms with Gasteiger partial charge in [-0.25, -0.2) is 0 Å². The molecule has 2 rings (SSSR count). The number of anilines is 1. The number of benzene rings is 1. The largest absolute Gasteiger partial charge is 0.384 e. The molecule has 0 aliphatic carbocycles. The van der Waals surface area contributed by atoms with Crippen LogP contribution in [0.5, 0.6) is 0 Å². The van der Waals surface area contributed by atoms with Gasteiger partial charge in [0.05, 0.1) is 0 Å². The van der Waals surface area contributed by atoms with E-state index in [0.29, 0.717) is 0 Å². The molecule has 1 heterocycles. The summed E-state index contributed by atoms with van der Waals surface area (Å²) in [5, 5.41) is 3.56. The average Bonchev–Trinajstić information content (AvgIpc) is 2.39. The van der Waals surface area contributed by atoms with Gasteiger partial charge in [0.15, 0.2) is 0 Å². The molecular weight excluding hydrogens is 220 g/mol. The van der Waals surface area contributed by atoms with Crippen molar-refractivity contribution in [2.75, 3.05) is 32.0 Å². The number of unbranched alkanes of at least 4 members (excludes halogenated alkanes) is 2. The fraction of sp³-hybridized carbons (Fsp3) is 0.625. The maximum atomic E-state index is 3.56. The zero-order chi connectivity index (χ0) is 12.8. The molecule has 1 aromatic rings. The molecule has 0 radical (unpaired) electrons. The third-order valence-corrected chi connectivity index (χ3v) is 3.82. The van der Waals surface area contributed by atoms with Gasteiger partial charge < -0.3 is 10.2 Å². The second kappa shape index (κ2) is 6.79. The SMILES string of the molecule is CCCCCN(C)CC1CNc2ccccc2C1. The van der Waals surface area contributed by atoms with Crippen LogP contribution in [-0.4, -0.2) is 31.6 Å². The number of para-hydroxylation sites is 1. The van der Waals surface area contributed by atoms with Gasteiger partial charge in [-0.1, -0.05) is 38.0 Å². The molecule has 2 heteroatoms. The summed E-state index contributed by atoms with van der Waals surface area (Å²) in [7, 11) is 2.26. The summed E-state index contributed by atoms with van der Waals surface area (Å²) >= 11 is 0. The molecule has 1 aliphatic rings. The van der Waals surface area contributed by atoms with Crippen molar-refractivity contribution in [2.24, 2.45) is 5.92 Å². The van der Waals surface area contributed by atoms with Crippen LogP contribution < -0.4 is 5.32 Å². The second-order valence-corrected chi connectivity index (χ2v) is 5.58. The van der Waals surface area contributed by atoms with E-state index >= 15 is 0 Å². The van der Waals surface area contributed by atoms with Crippen LogP contribution in [0.1, 0.15) is 31.7 Å². The van der Waals surface area contributed by atoms with E-state index in [-0.39, 0.29) is 0 Å². The lowest BCUT2D eigenvalue weighted by atomic mass is 9.93. The smallest absolute Gasteiger partial charge is 0.0372 e. The number of hydrogen-bond donors (Lipinski definition) is 1. The first kappa shape index (κ1) is 13.4. The highest BCUT2D eigenvalue weighted by atomic mass is 15.1. The molecule has 0 spiro atoms. The van der Waals surface area contributed by atoms with Crippen molar-refractivity contribution in [1.82, 2.24) is 4.90 Å². The lowest BCUT2D eigenvalue weighted by Gasteiger charge is -2.29. The highest BCUT2D eigenvalue weighted by Gasteiger charge is 2.18. The van der Waals surface area contributed by atoms with Gasteiger partial charge in [-0.3, -0.25) is 0 Å². The van der Waals surface area contributed by atoms with Crippen LogP contribution in [0.15, 0.2) is 24.3 Å². The summed E-state index contributed by atoms with van der Waals surface area (Å²) in [6.45, 7) is 5.84. The molecule has 2 nitrogen and oxygen atoms in total. The number of nitrogens with zero attached hydrogens (tertiary/aromatic N) is 1. The van der Waals surface area contributed by atoms with Crippen molar-refractivity contribution >= 4 is 5.69 Å². The van der Waals surface area contributed by atoms with Crippen LogP contribution in [0.25, 0.3) is 0 Å². The fourth-order valence-electron chi connectivity index (χ4n) is 2.80. The number of fused-ring (bicyclic) bond motifs is 1. The summed E-state index contributed by atoms with van der Waals surface area (Å²) < 4.78 is 0. The molecule has 1 aromatic carbocycles. The average molecular weight is 246 g/mol. The first-order valence-corrected chi connectivity index (χ1v) is 7.30. The first-order chi connectivity index (χ1) is 8.79. The minimum Gasteiger partial charge on any atom is -0.384 e. The van der Waals surface area contributed by atoms with Gasteiger partial charge in [-0.05, 0) is 44.0 Å². The Morgan fingerprint density at radius 3 is 2.94 bits per heavy atom. The standard InChI is InChI=1S/C16H26N2/c1-3-4-7-10-18(2)13-14-11-15-8-5-6-9-16(15)17-12-14/h5-6,8-9,14,17H,3-4,7,10-13H2,1-2H3. The van der Waals surface area contributed by atoms with Crippen LogP contribution in [0.4, 0.5) is 5.69 Å². The van der Waals surface area contributed by atoms with E-state index < -0.39 is 0 Å². The van der Waals surface area contributed by atoms with E-state index in [4.69, 9.17) is 0 Å². The normalized spacial score (nSPS) is 18.5. The van der Waals surface area contributed by atoms with Crippen molar-refractivity contribution in [2.45, 2.75) is 32.6 Å². The Bertz CT molecular complexity index is 362. The Hall–Kier alpha value is -1.02. The zero-order valence-electron chi connectivity index (χ0n) is 11.8. The number of nitrogens with one attached hydrogen (secondary N) is 1. The summed E-state index contributed by atoms with van der Waals surface area (Å²) in [6.07, 6.45) is 5.23. The van der Waals surface area contributed by atoms with Gasteiger partial charge in [0.25, 0.3) is 0 Å². The van der Waals surface area contributed by atoms with E-state index in [1.165, 1.54) is 50.0 Å². The Labute approximate surface area is 111 Å². The Kier molecular flexibility index (Phi) is 5.06.